The lowest BCUT2D eigenvalue weighted by Gasteiger charge is -2.15. The fraction of sp³-hybridized carbons (Fsp3) is 0.698. The van der Waals surface area contributed by atoms with E-state index in [4.69, 9.17) is 13.8 Å². The largest absolute Gasteiger partial charge is 0.472 e. The Morgan fingerprint density at radius 3 is 1.40 bits per heavy atom. The lowest BCUT2D eigenvalue weighted by atomic mass is 10.0. The number of aliphatic hydroxyl groups is 1. The van der Waals surface area contributed by atoms with Crippen molar-refractivity contribution in [2.75, 3.05) is 26.4 Å². The molecule has 0 aromatic heterocycles. The SMILES string of the molecule is CC/C=C\C/C=C\C/C=C\C/C=C\C/C=C\C/C=C\CCC(=O)OCC(O)COP(=O)(O)OCCNC(=O)CCCCCCCCCCCCCCC/C=C/CCCCCCCC. The zero-order valence-electron chi connectivity index (χ0n) is 40.0. The van der Waals surface area contributed by atoms with Crippen molar-refractivity contribution in [3.8, 4) is 0 Å². The molecule has 0 saturated carbocycles. The van der Waals surface area contributed by atoms with E-state index in [9.17, 15) is 24.2 Å². The number of amides is 1. The van der Waals surface area contributed by atoms with Crippen molar-refractivity contribution in [2.24, 2.45) is 0 Å². The molecule has 0 aliphatic heterocycles. The van der Waals surface area contributed by atoms with Crippen LogP contribution in [0.3, 0.4) is 0 Å². The molecule has 63 heavy (non-hydrogen) atoms. The van der Waals surface area contributed by atoms with Crippen LogP contribution in [0.25, 0.3) is 0 Å². The van der Waals surface area contributed by atoms with Gasteiger partial charge in [-0.1, -0.05) is 202 Å². The number of phosphoric ester groups is 1. The van der Waals surface area contributed by atoms with Gasteiger partial charge in [-0.2, -0.15) is 0 Å². The molecule has 0 heterocycles. The molecule has 3 N–H and O–H groups in total. The summed E-state index contributed by atoms with van der Waals surface area (Å²) < 4.78 is 26.9. The highest BCUT2D eigenvalue weighted by Gasteiger charge is 2.23. The van der Waals surface area contributed by atoms with Crippen LogP contribution in [0.4, 0.5) is 0 Å². The molecule has 0 aliphatic carbocycles. The van der Waals surface area contributed by atoms with Gasteiger partial charge in [0.1, 0.15) is 12.7 Å². The highest BCUT2D eigenvalue weighted by molar-refractivity contribution is 7.47. The topological polar surface area (TPSA) is 131 Å². The van der Waals surface area contributed by atoms with Crippen LogP contribution >= 0.6 is 7.82 Å². The Morgan fingerprint density at radius 1 is 0.508 bits per heavy atom. The number of aliphatic hydroxyl groups excluding tert-OH is 1. The van der Waals surface area contributed by atoms with Crippen molar-refractivity contribution in [1.29, 1.82) is 0 Å². The third-order valence-corrected chi connectivity index (χ3v) is 11.3. The summed E-state index contributed by atoms with van der Waals surface area (Å²) in [5, 5.41) is 12.7. The summed E-state index contributed by atoms with van der Waals surface area (Å²) in [6.07, 6.45) is 62.5. The summed E-state index contributed by atoms with van der Waals surface area (Å²) in [4.78, 5) is 34.0. The first-order chi connectivity index (χ1) is 30.8. The second kappa shape index (κ2) is 48.6. The molecule has 0 bridgehead atoms. The Morgan fingerprint density at radius 2 is 0.921 bits per heavy atom. The lowest BCUT2D eigenvalue weighted by Crippen LogP contribution is -2.27. The Kier molecular flexibility index (Phi) is 46.5. The quantitative estimate of drug-likeness (QED) is 0.0238. The third kappa shape index (κ3) is 50.1. The molecule has 362 valence electrons. The number of carbonyl (C=O) groups excluding carboxylic acids is 2. The van der Waals surface area contributed by atoms with Crippen LogP contribution in [0.15, 0.2) is 85.1 Å². The van der Waals surface area contributed by atoms with E-state index in [0.29, 0.717) is 12.8 Å². The molecule has 0 rings (SSSR count). The average molecular weight is 902 g/mol. The molecule has 2 atom stereocenters. The molecular weight excluding hydrogens is 810 g/mol. The van der Waals surface area contributed by atoms with Crippen molar-refractivity contribution in [2.45, 2.75) is 213 Å². The molecule has 0 spiro atoms. The van der Waals surface area contributed by atoms with Crippen LogP contribution in [0.1, 0.15) is 206 Å². The molecule has 0 aliphatic rings. The zero-order chi connectivity index (χ0) is 46.0. The number of ether oxygens (including phenoxy) is 1. The molecule has 10 heteroatoms. The maximum Gasteiger partial charge on any atom is 0.472 e. The molecule has 0 aromatic rings. The summed E-state index contributed by atoms with van der Waals surface area (Å²) in [7, 11) is -4.44. The van der Waals surface area contributed by atoms with E-state index >= 15 is 0 Å². The minimum atomic E-state index is -4.44. The van der Waals surface area contributed by atoms with Gasteiger partial charge in [-0.05, 0) is 77.0 Å². The number of carbonyl (C=O) groups is 2. The summed E-state index contributed by atoms with van der Waals surface area (Å²) in [6, 6.07) is 0. The number of phosphoric acid groups is 1. The van der Waals surface area contributed by atoms with E-state index < -0.39 is 26.5 Å². The summed E-state index contributed by atoms with van der Waals surface area (Å²) in [5.74, 6) is -0.604. The normalized spacial score (nSPS) is 13.9. The maximum atomic E-state index is 12.1. The number of hydrogen-bond donors (Lipinski definition) is 3. The molecule has 1 amide bonds. The average Bonchev–Trinajstić information content (AvgIpc) is 3.27. The summed E-state index contributed by atoms with van der Waals surface area (Å²) in [5.41, 5.74) is 0. The Bertz CT molecular complexity index is 1300. The first kappa shape index (κ1) is 60.2. The van der Waals surface area contributed by atoms with Gasteiger partial charge in [-0.3, -0.25) is 18.6 Å². The number of allylic oxidation sites excluding steroid dienone is 14. The Labute approximate surface area is 385 Å². The van der Waals surface area contributed by atoms with Crippen molar-refractivity contribution >= 4 is 19.7 Å². The number of nitrogens with one attached hydrogen (secondary N) is 1. The van der Waals surface area contributed by atoms with E-state index in [1.54, 1.807) is 0 Å². The molecule has 9 nitrogen and oxygen atoms in total. The Balaban J connectivity index is 3.64. The zero-order valence-corrected chi connectivity index (χ0v) is 40.9. The predicted octanol–water partition coefficient (Wildman–Crippen LogP) is 14.8. The Hall–Kier alpha value is -2.81. The van der Waals surface area contributed by atoms with Crippen LogP contribution in [-0.4, -0.2) is 54.3 Å². The van der Waals surface area contributed by atoms with E-state index in [1.165, 1.54) is 116 Å². The first-order valence-corrected chi connectivity index (χ1v) is 26.6. The highest BCUT2D eigenvalue weighted by Crippen LogP contribution is 2.42. The van der Waals surface area contributed by atoms with Gasteiger partial charge in [-0.15, -0.1) is 0 Å². The van der Waals surface area contributed by atoms with Crippen LogP contribution in [0.2, 0.25) is 0 Å². The number of hydrogen-bond acceptors (Lipinski definition) is 7. The standard InChI is InChI=1S/C53H92NO8P/c1-3-5-7-9-11-13-15-17-19-21-23-24-25-26-28-29-31-33-35-37-39-41-43-45-52(56)54-47-48-61-63(58,59)62-50-51(55)49-60-53(57)46-44-42-40-38-36-34-32-30-27-22-20-18-16-14-12-10-8-6-4-2/h6,8,12,14,17-20,27,30,34,36,40,42,51,55H,3-5,7,9-11,13,15-16,21-26,28-29,31-33,35,37-39,41,43-50H2,1-2H3,(H,54,56)(H,58,59)/b8-6-,14-12-,19-17+,20-18-,30-27-,36-34-,42-40-. The van der Waals surface area contributed by atoms with Crippen molar-refractivity contribution in [3.63, 3.8) is 0 Å². The number of unbranched alkanes of at least 4 members (excludes halogenated alkanes) is 19. The van der Waals surface area contributed by atoms with Crippen LogP contribution < -0.4 is 5.32 Å². The van der Waals surface area contributed by atoms with E-state index in [0.717, 1.165) is 57.8 Å². The van der Waals surface area contributed by atoms with Crippen molar-refractivity contribution in [3.05, 3.63) is 85.1 Å². The van der Waals surface area contributed by atoms with Gasteiger partial charge in [0, 0.05) is 19.4 Å². The van der Waals surface area contributed by atoms with Crippen LogP contribution in [0, 0.1) is 0 Å². The second-order valence-corrected chi connectivity index (χ2v) is 17.9. The monoisotopic (exact) mass is 902 g/mol. The molecular formula is C53H92NO8P. The molecule has 0 aromatic carbocycles. The summed E-state index contributed by atoms with van der Waals surface area (Å²) >= 11 is 0. The first-order valence-electron chi connectivity index (χ1n) is 25.1. The predicted molar refractivity (Wildman–Crippen MR) is 266 cm³/mol. The smallest absolute Gasteiger partial charge is 0.463 e. The fourth-order valence-corrected chi connectivity index (χ4v) is 7.34. The maximum absolute atomic E-state index is 12.1. The minimum Gasteiger partial charge on any atom is -0.463 e. The lowest BCUT2D eigenvalue weighted by molar-refractivity contribution is -0.147. The molecule has 0 radical (unpaired) electrons. The van der Waals surface area contributed by atoms with E-state index in [2.05, 4.69) is 92.1 Å². The molecule has 0 fully saturated rings. The number of esters is 1. The van der Waals surface area contributed by atoms with Gasteiger partial charge < -0.3 is 20.1 Å². The number of rotatable bonds is 46. The van der Waals surface area contributed by atoms with Gasteiger partial charge in [0.05, 0.1) is 13.2 Å². The van der Waals surface area contributed by atoms with Gasteiger partial charge in [0.15, 0.2) is 0 Å². The second-order valence-electron chi connectivity index (χ2n) is 16.4. The van der Waals surface area contributed by atoms with Crippen LogP contribution in [-0.2, 0) is 27.9 Å². The highest BCUT2D eigenvalue weighted by atomic mass is 31.2. The van der Waals surface area contributed by atoms with Gasteiger partial charge in [0.2, 0.25) is 5.91 Å². The van der Waals surface area contributed by atoms with Gasteiger partial charge in [0.25, 0.3) is 0 Å². The van der Waals surface area contributed by atoms with Gasteiger partial charge >= 0.3 is 13.8 Å². The minimum absolute atomic E-state index is 0.0698. The van der Waals surface area contributed by atoms with Crippen molar-refractivity contribution in [1.82, 2.24) is 5.32 Å². The van der Waals surface area contributed by atoms with E-state index in [-0.39, 0.29) is 32.1 Å². The van der Waals surface area contributed by atoms with Gasteiger partial charge in [-0.25, -0.2) is 4.57 Å². The summed E-state index contributed by atoms with van der Waals surface area (Å²) in [6.45, 7) is 3.36. The molecule has 2 unspecified atom stereocenters. The third-order valence-electron chi connectivity index (χ3n) is 10.3. The van der Waals surface area contributed by atoms with Crippen molar-refractivity contribution < 1.29 is 37.9 Å². The van der Waals surface area contributed by atoms with E-state index in [1.807, 2.05) is 12.2 Å². The van der Waals surface area contributed by atoms with Crippen LogP contribution in [0.5, 0.6) is 0 Å². The molecule has 0 saturated heterocycles. The fourth-order valence-electron chi connectivity index (χ4n) is 6.58.